The lowest BCUT2D eigenvalue weighted by Crippen LogP contribution is -2.26. The molecule has 0 saturated carbocycles. The minimum Gasteiger partial charge on any atom is -0.618 e. The van der Waals surface area contributed by atoms with Crippen molar-refractivity contribution in [2.24, 2.45) is 0 Å². The van der Waals surface area contributed by atoms with Gasteiger partial charge in [-0.3, -0.25) is 0 Å². The van der Waals surface area contributed by atoms with Crippen LogP contribution in [-0.2, 0) is 0 Å². The van der Waals surface area contributed by atoms with Crippen LogP contribution in [0.2, 0.25) is 5.15 Å². The van der Waals surface area contributed by atoms with Crippen LogP contribution >= 0.6 is 27.5 Å². The maximum atomic E-state index is 10.7. The Morgan fingerprint density at radius 3 is 2.80 bits per heavy atom. The first-order valence-corrected chi connectivity index (χ1v) is 3.55. The summed E-state index contributed by atoms with van der Waals surface area (Å²) in [7, 11) is 0. The first-order chi connectivity index (χ1) is 4.61. The third kappa shape index (κ3) is 1.33. The van der Waals surface area contributed by atoms with Crippen LogP contribution in [0, 0.1) is 5.21 Å². The lowest BCUT2D eigenvalue weighted by atomic mass is 10.5. The van der Waals surface area contributed by atoms with Gasteiger partial charge in [0.05, 0.1) is 0 Å². The quantitative estimate of drug-likeness (QED) is 0.412. The Kier molecular flexibility index (Phi) is 2.01. The second-order valence-corrected chi connectivity index (χ2v) is 2.88. The molecule has 0 fully saturated rings. The van der Waals surface area contributed by atoms with Crippen molar-refractivity contribution in [1.29, 1.82) is 0 Å². The standard InChI is InChI=1S/C5H3BrClNO2/c6-4-1-3(9)2-8(10)5(4)7/h1-2,9H. The fourth-order valence-electron chi connectivity index (χ4n) is 0.509. The molecule has 3 nitrogen and oxygen atoms in total. The summed E-state index contributed by atoms with van der Waals surface area (Å²) in [6.45, 7) is 0. The molecule has 0 atom stereocenters. The van der Waals surface area contributed by atoms with Gasteiger partial charge in [0, 0.05) is 6.07 Å². The molecule has 1 N–H and O–H groups in total. The topological polar surface area (TPSA) is 47.2 Å². The summed E-state index contributed by atoms with van der Waals surface area (Å²) in [5.74, 6) is -0.119. The zero-order valence-electron chi connectivity index (χ0n) is 4.71. The Hall–Kier alpha value is -0.480. The van der Waals surface area contributed by atoms with E-state index in [-0.39, 0.29) is 10.9 Å². The van der Waals surface area contributed by atoms with Gasteiger partial charge in [0.15, 0.2) is 5.75 Å². The summed E-state index contributed by atoms with van der Waals surface area (Å²) in [6, 6.07) is 1.34. The van der Waals surface area contributed by atoms with Crippen LogP contribution in [0.5, 0.6) is 5.75 Å². The van der Waals surface area contributed by atoms with Gasteiger partial charge in [-0.1, -0.05) is 0 Å². The molecule has 10 heavy (non-hydrogen) atoms. The number of hydrogen-bond acceptors (Lipinski definition) is 2. The Morgan fingerprint density at radius 1 is 1.70 bits per heavy atom. The number of aromatic hydroxyl groups is 1. The van der Waals surface area contributed by atoms with Crippen LogP contribution < -0.4 is 4.73 Å². The third-order valence-corrected chi connectivity index (χ3v) is 2.12. The summed E-state index contributed by atoms with van der Waals surface area (Å²) in [5.41, 5.74) is 0. The van der Waals surface area contributed by atoms with Gasteiger partial charge in [0.1, 0.15) is 4.47 Å². The van der Waals surface area contributed by atoms with Crippen molar-refractivity contribution in [2.75, 3.05) is 0 Å². The van der Waals surface area contributed by atoms with Gasteiger partial charge in [0.2, 0.25) is 6.20 Å². The highest BCUT2D eigenvalue weighted by Gasteiger charge is 2.08. The molecule has 0 aromatic carbocycles. The predicted molar refractivity (Wildman–Crippen MR) is 39.8 cm³/mol. The largest absolute Gasteiger partial charge is 0.618 e. The van der Waals surface area contributed by atoms with E-state index in [9.17, 15) is 5.21 Å². The number of nitrogens with zero attached hydrogens (tertiary/aromatic N) is 1. The normalized spacial score (nSPS) is 9.80. The zero-order valence-corrected chi connectivity index (χ0v) is 7.06. The Morgan fingerprint density at radius 2 is 2.30 bits per heavy atom. The van der Waals surface area contributed by atoms with Crippen molar-refractivity contribution in [3.8, 4) is 5.75 Å². The second-order valence-electron chi connectivity index (χ2n) is 1.66. The molecule has 0 aliphatic rings. The van der Waals surface area contributed by atoms with Crippen LogP contribution in [-0.4, -0.2) is 5.11 Å². The van der Waals surface area contributed by atoms with Crippen LogP contribution in [0.3, 0.4) is 0 Å². The maximum absolute atomic E-state index is 10.7. The summed E-state index contributed by atoms with van der Waals surface area (Å²) in [6.07, 6.45) is 0.979. The monoisotopic (exact) mass is 223 g/mol. The van der Waals surface area contributed by atoms with Gasteiger partial charge >= 0.3 is 5.15 Å². The fraction of sp³-hybridized carbons (Fsp3) is 0. The zero-order chi connectivity index (χ0) is 7.72. The van der Waals surface area contributed by atoms with Crippen molar-refractivity contribution >= 4 is 27.5 Å². The van der Waals surface area contributed by atoms with E-state index in [0.29, 0.717) is 9.20 Å². The molecule has 0 spiro atoms. The van der Waals surface area contributed by atoms with E-state index in [1.807, 2.05) is 0 Å². The molecule has 0 unspecified atom stereocenters. The van der Waals surface area contributed by atoms with Crippen LogP contribution in [0.1, 0.15) is 0 Å². The maximum Gasteiger partial charge on any atom is 0.300 e. The van der Waals surface area contributed by atoms with E-state index in [4.69, 9.17) is 16.7 Å². The molecule has 1 aromatic heterocycles. The number of hydrogen-bond donors (Lipinski definition) is 1. The molecule has 0 radical (unpaired) electrons. The Balaban J connectivity index is 3.31. The Labute approximate surface area is 70.6 Å². The first kappa shape index (κ1) is 7.63. The van der Waals surface area contributed by atoms with Crippen molar-refractivity contribution in [1.82, 2.24) is 0 Å². The highest BCUT2D eigenvalue weighted by atomic mass is 79.9. The van der Waals surface area contributed by atoms with Crippen LogP contribution in [0.15, 0.2) is 16.7 Å². The van der Waals surface area contributed by atoms with Crippen molar-refractivity contribution < 1.29 is 9.84 Å². The lowest BCUT2D eigenvalue weighted by Gasteiger charge is -1.99. The molecule has 5 heteroatoms. The van der Waals surface area contributed by atoms with E-state index >= 15 is 0 Å². The third-order valence-electron chi connectivity index (χ3n) is 0.915. The molecule has 0 saturated heterocycles. The molecule has 0 bridgehead atoms. The minimum atomic E-state index is -0.119. The number of pyridine rings is 1. The van der Waals surface area contributed by atoms with Crippen molar-refractivity contribution in [3.05, 3.63) is 27.1 Å². The summed E-state index contributed by atoms with van der Waals surface area (Å²) < 4.78 is 0.755. The highest BCUT2D eigenvalue weighted by molar-refractivity contribution is 9.10. The van der Waals surface area contributed by atoms with E-state index in [0.717, 1.165) is 6.20 Å². The molecular formula is C5H3BrClNO2. The van der Waals surface area contributed by atoms with Gasteiger partial charge in [-0.25, -0.2) is 0 Å². The van der Waals surface area contributed by atoms with E-state index in [2.05, 4.69) is 15.9 Å². The van der Waals surface area contributed by atoms with Crippen molar-refractivity contribution in [2.45, 2.75) is 0 Å². The number of aromatic nitrogens is 1. The van der Waals surface area contributed by atoms with Crippen LogP contribution in [0.25, 0.3) is 0 Å². The van der Waals surface area contributed by atoms with Gasteiger partial charge in [-0.2, -0.15) is 4.73 Å². The number of halogens is 2. The van der Waals surface area contributed by atoms with E-state index in [1.165, 1.54) is 6.07 Å². The van der Waals surface area contributed by atoms with Gasteiger partial charge in [-0.15, -0.1) is 0 Å². The minimum absolute atomic E-state index is 0.0119. The molecule has 0 amide bonds. The van der Waals surface area contributed by atoms with Crippen molar-refractivity contribution in [3.63, 3.8) is 0 Å². The molecular weight excluding hydrogens is 221 g/mol. The summed E-state index contributed by atoms with van der Waals surface area (Å²) in [5, 5.41) is 19.5. The Bertz CT molecular complexity index is 243. The summed E-state index contributed by atoms with van der Waals surface area (Å²) in [4.78, 5) is 0. The van der Waals surface area contributed by atoms with Gasteiger partial charge in [-0.05, 0) is 27.5 Å². The second kappa shape index (κ2) is 2.64. The van der Waals surface area contributed by atoms with E-state index < -0.39 is 0 Å². The molecule has 0 aliphatic carbocycles. The fourth-order valence-corrected chi connectivity index (χ4v) is 1.02. The average molecular weight is 224 g/mol. The lowest BCUT2D eigenvalue weighted by molar-refractivity contribution is -0.604. The van der Waals surface area contributed by atoms with Gasteiger partial charge < -0.3 is 10.3 Å². The molecule has 0 aliphatic heterocycles. The van der Waals surface area contributed by atoms with Gasteiger partial charge in [0.25, 0.3) is 0 Å². The number of rotatable bonds is 0. The summed E-state index contributed by atoms with van der Waals surface area (Å²) >= 11 is 8.43. The molecule has 54 valence electrons. The average Bonchev–Trinajstić information content (AvgIpc) is 1.82. The SMILES string of the molecule is [O-][n+]1cc(O)cc(Br)c1Cl. The molecule has 1 aromatic rings. The van der Waals surface area contributed by atoms with E-state index in [1.54, 1.807) is 0 Å². The predicted octanol–water partition coefficient (Wildman–Crippen LogP) is 1.44. The smallest absolute Gasteiger partial charge is 0.300 e. The molecule has 1 rings (SSSR count). The van der Waals surface area contributed by atoms with Crippen LogP contribution in [0.4, 0.5) is 0 Å². The first-order valence-electron chi connectivity index (χ1n) is 2.38. The highest BCUT2D eigenvalue weighted by Crippen LogP contribution is 2.21. The molecule has 1 heterocycles.